The van der Waals surface area contributed by atoms with Crippen molar-refractivity contribution in [2.24, 2.45) is 0 Å². The van der Waals surface area contributed by atoms with Gasteiger partial charge in [-0.25, -0.2) is 0 Å². The third-order valence-corrected chi connectivity index (χ3v) is 4.32. The van der Waals surface area contributed by atoms with Crippen molar-refractivity contribution < 1.29 is 23.8 Å². The fourth-order valence-electron chi connectivity index (χ4n) is 2.39. The van der Waals surface area contributed by atoms with E-state index in [1.165, 1.54) is 36.4 Å². The summed E-state index contributed by atoms with van der Waals surface area (Å²) >= 11 is 11.7. The van der Waals surface area contributed by atoms with Crippen molar-refractivity contribution in [3.8, 4) is 5.75 Å². The second kappa shape index (κ2) is 8.80. The van der Waals surface area contributed by atoms with E-state index >= 15 is 0 Å². The Morgan fingerprint density at radius 3 is 2.47 bits per heavy atom. The van der Waals surface area contributed by atoms with Crippen LogP contribution in [0, 0.1) is 20.2 Å². The average molecular weight is 452 g/mol. The molecule has 0 saturated carbocycles. The Morgan fingerprint density at radius 2 is 1.80 bits per heavy atom. The van der Waals surface area contributed by atoms with Crippen molar-refractivity contribution in [3.05, 3.63) is 90.3 Å². The molecular formula is C18H11Cl2N3O7. The van der Waals surface area contributed by atoms with Crippen LogP contribution in [0.3, 0.4) is 0 Å². The van der Waals surface area contributed by atoms with Crippen LogP contribution >= 0.6 is 23.2 Å². The van der Waals surface area contributed by atoms with Crippen LogP contribution in [-0.4, -0.2) is 15.8 Å². The summed E-state index contributed by atoms with van der Waals surface area (Å²) in [5.41, 5.74) is -0.583. The van der Waals surface area contributed by atoms with Gasteiger partial charge in [0.1, 0.15) is 23.8 Å². The van der Waals surface area contributed by atoms with Crippen LogP contribution in [0.5, 0.6) is 5.75 Å². The number of nitro benzene ring substituents is 2. The van der Waals surface area contributed by atoms with Crippen LogP contribution in [0.25, 0.3) is 0 Å². The minimum atomic E-state index is -0.708. The van der Waals surface area contributed by atoms with Gasteiger partial charge >= 0.3 is 0 Å². The van der Waals surface area contributed by atoms with Crippen LogP contribution in [0.15, 0.2) is 52.9 Å². The molecule has 30 heavy (non-hydrogen) atoms. The summed E-state index contributed by atoms with van der Waals surface area (Å²) in [4.78, 5) is 32.9. The van der Waals surface area contributed by atoms with Crippen molar-refractivity contribution in [1.29, 1.82) is 0 Å². The topological polar surface area (TPSA) is 138 Å². The number of nitrogens with zero attached hydrogens (tertiary/aromatic N) is 2. The standard InChI is InChI=1S/C18H11Cl2N3O7/c19-10-1-4-14(15(7-10)23(27)28)21-18(24)17-6-3-12(30-17)9-29-16-5-2-11(22(25)26)8-13(16)20/h1-8H,9H2,(H,21,24). The summed E-state index contributed by atoms with van der Waals surface area (Å²) < 4.78 is 10.8. The summed E-state index contributed by atoms with van der Waals surface area (Å²) in [7, 11) is 0. The van der Waals surface area contributed by atoms with Gasteiger partial charge in [0.2, 0.25) is 0 Å². The Kier molecular flexibility index (Phi) is 6.19. The third-order valence-electron chi connectivity index (χ3n) is 3.79. The van der Waals surface area contributed by atoms with E-state index in [2.05, 4.69) is 5.32 Å². The number of ether oxygens (including phenoxy) is 1. The number of non-ortho nitro benzene ring substituents is 1. The van der Waals surface area contributed by atoms with E-state index in [0.717, 1.165) is 12.1 Å². The first-order valence-electron chi connectivity index (χ1n) is 8.15. The highest BCUT2D eigenvalue weighted by Gasteiger charge is 2.19. The van der Waals surface area contributed by atoms with Gasteiger partial charge in [-0.15, -0.1) is 0 Å². The van der Waals surface area contributed by atoms with Crippen molar-refractivity contribution in [2.75, 3.05) is 5.32 Å². The molecule has 10 nitrogen and oxygen atoms in total. The number of hydrogen-bond donors (Lipinski definition) is 1. The van der Waals surface area contributed by atoms with E-state index in [1.54, 1.807) is 0 Å². The zero-order chi connectivity index (χ0) is 21.8. The number of anilines is 1. The van der Waals surface area contributed by atoms with Crippen LogP contribution < -0.4 is 10.1 Å². The smallest absolute Gasteiger partial charge is 0.294 e. The van der Waals surface area contributed by atoms with Gasteiger partial charge in [-0.3, -0.25) is 25.0 Å². The minimum absolute atomic E-state index is 0.0405. The molecular weight excluding hydrogens is 441 g/mol. The highest BCUT2D eigenvalue weighted by atomic mass is 35.5. The largest absolute Gasteiger partial charge is 0.484 e. The highest BCUT2D eigenvalue weighted by Crippen LogP contribution is 2.30. The molecule has 0 aliphatic carbocycles. The number of halogens is 2. The van der Waals surface area contributed by atoms with Crippen molar-refractivity contribution >= 4 is 46.2 Å². The average Bonchev–Trinajstić information content (AvgIpc) is 3.17. The second-order valence-electron chi connectivity index (χ2n) is 5.80. The molecule has 1 amide bonds. The number of benzene rings is 2. The third kappa shape index (κ3) is 4.85. The van der Waals surface area contributed by atoms with Gasteiger partial charge in [-0.2, -0.15) is 0 Å². The molecule has 3 aromatic rings. The van der Waals surface area contributed by atoms with Gasteiger partial charge in [-0.1, -0.05) is 23.2 Å². The van der Waals surface area contributed by atoms with Crippen LogP contribution in [0.1, 0.15) is 16.3 Å². The molecule has 3 rings (SSSR count). The van der Waals surface area contributed by atoms with E-state index in [1.807, 2.05) is 0 Å². The SMILES string of the molecule is O=C(Nc1ccc(Cl)cc1[N+](=O)[O-])c1ccc(COc2ccc([N+](=O)[O-])cc2Cl)o1. The molecule has 0 spiro atoms. The lowest BCUT2D eigenvalue weighted by Gasteiger charge is -2.06. The van der Waals surface area contributed by atoms with Gasteiger partial charge in [-0.05, 0) is 30.3 Å². The summed E-state index contributed by atoms with van der Waals surface area (Å²) in [5.74, 6) is -0.352. The number of rotatable bonds is 7. The number of nitro groups is 2. The fourth-order valence-corrected chi connectivity index (χ4v) is 2.79. The molecule has 12 heteroatoms. The maximum atomic E-state index is 12.3. The molecule has 2 aromatic carbocycles. The predicted octanol–water partition coefficient (Wildman–Crippen LogP) is 5.23. The van der Waals surface area contributed by atoms with Gasteiger partial charge in [0.15, 0.2) is 5.76 Å². The number of amides is 1. The molecule has 0 radical (unpaired) electrons. The molecule has 0 bridgehead atoms. The molecule has 0 fully saturated rings. The molecule has 0 aliphatic rings. The number of carbonyl (C=O) groups excluding carboxylic acids is 1. The first kappa shape index (κ1) is 21.1. The van der Waals surface area contributed by atoms with E-state index in [0.29, 0.717) is 0 Å². The zero-order valence-corrected chi connectivity index (χ0v) is 16.3. The lowest BCUT2D eigenvalue weighted by molar-refractivity contribution is -0.384. The number of hydrogen-bond acceptors (Lipinski definition) is 7. The van der Waals surface area contributed by atoms with Gasteiger partial charge in [0, 0.05) is 23.2 Å². The van der Waals surface area contributed by atoms with Crippen molar-refractivity contribution in [3.63, 3.8) is 0 Å². The summed E-state index contributed by atoms with van der Waals surface area (Å²) in [6.07, 6.45) is 0. The first-order valence-corrected chi connectivity index (χ1v) is 8.91. The van der Waals surface area contributed by atoms with Gasteiger partial charge in [0.05, 0.1) is 14.9 Å². The van der Waals surface area contributed by atoms with Gasteiger partial charge < -0.3 is 14.5 Å². The van der Waals surface area contributed by atoms with Crippen molar-refractivity contribution in [1.82, 2.24) is 0 Å². The lowest BCUT2D eigenvalue weighted by Crippen LogP contribution is -2.12. The maximum absolute atomic E-state index is 12.3. The maximum Gasteiger partial charge on any atom is 0.294 e. The summed E-state index contributed by atoms with van der Waals surface area (Å²) in [6, 6.07) is 10.4. The molecule has 0 saturated heterocycles. The molecule has 1 aromatic heterocycles. The van der Waals surface area contributed by atoms with E-state index in [9.17, 15) is 25.0 Å². The Labute approximate surface area is 178 Å². The monoisotopic (exact) mass is 451 g/mol. The first-order chi connectivity index (χ1) is 14.2. The van der Waals surface area contributed by atoms with Crippen LogP contribution in [0.2, 0.25) is 10.0 Å². The lowest BCUT2D eigenvalue weighted by atomic mass is 10.2. The van der Waals surface area contributed by atoms with E-state index in [4.69, 9.17) is 32.4 Å². The van der Waals surface area contributed by atoms with Crippen LogP contribution in [-0.2, 0) is 6.61 Å². The van der Waals surface area contributed by atoms with E-state index < -0.39 is 15.8 Å². The summed E-state index contributed by atoms with van der Waals surface area (Å²) in [6.45, 7) is -0.105. The molecule has 1 heterocycles. The molecule has 1 N–H and O–H groups in total. The fraction of sp³-hybridized carbons (Fsp3) is 0.0556. The normalized spacial score (nSPS) is 10.5. The minimum Gasteiger partial charge on any atom is -0.484 e. The Balaban J connectivity index is 1.67. The molecule has 0 atom stereocenters. The van der Waals surface area contributed by atoms with Gasteiger partial charge in [0.25, 0.3) is 17.3 Å². The number of furan rings is 1. The quantitative estimate of drug-likeness (QED) is 0.382. The predicted molar refractivity (Wildman–Crippen MR) is 107 cm³/mol. The van der Waals surface area contributed by atoms with Crippen molar-refractivity contribution in [2.45, 2.75) is 6.61 Å². The summed E-state index contributed by atoms with van der Waals surface area (Å²) in [5, 5.41) is 24.4. The molecule has 0 aliphatic heterocycles. The zero-order valence-electron chi connectivity index (χ0n) is 14.8. The number of carbonyl (C=O) groups is 1. The highest BCUT2D eigenvalue weighted by molar-refractivity contribution is 6.32. The Bertz CT molecular complexity index is 1150. The number of nitrogens with one attached hydrogen (secondary N) is 1. The van der Waals surface area contributed by atoms with Crippen LogP contribution in [0.4, 0.5) is 17.1 Å². The Morgan fingerprint density at radius 1 is 1.03 bits per heavy atom. The Hall–Kier alpha value is -3.63. The molecule has 154 valence electrons. The molecule has 0 unspecified atom stereocenters. The second-order valence-corrected chi connectivity index (χ2v) is 6.64. The van der Waals surface area contributed by atoms with E-state index in [-0.39, 0.29) is 51.0 Å².